The van der Waals surface area contributed by atoms with Crippen LogP contribution in [-0.4, -0.2) is 51.6 Å². The average molecular weight is 506 g/mol. The van der Waals surface area contributed by atoms with E-state index in [9.17, 15) is 19.5 Å². The molecule has 204 valence electrons. The number of phenols is 1. The summed E-state index contributed by atoms with van der Waals surface area (Å²) in [6.07, 6.45) is 2.81. The lowest BCUT2D eigenvalue weighted by Gasteiger charge is -2.43. The van der Waals surface area contributed by atoms with E-state index >= 15 is 0 Å². The van der Waals surface area contributed by atoms with E-state index in [0.29, 0.717) is 18.5 Å². The van der Waals surface area contributed by atoms with Crippen molar-refractivity contribution in [2.45, 2.75) is 111 Å². The van der Waals surface area contributed by atoms with Gasteiger partial charge in [-0.1, -0.05) is 52.2 Å². The van der Waals surface area contributed by atoms with E-state index in [2.05, 4.69) is 17.6 Å². The van der Waals surface area contributed by atoms with Crippen molar-refractivity contribution in [1.82, 2.24) is 15.5 Å². The van der Waals surface area contributed by atoms with Gasteiger partial charge in [-0.2, -0.15) is 0 Å². The lowest BCUT2D eigenvalue weighted by atomic mass is 9.91. The van der Waals surface area contributed by atoms with Crippen LogP contribution in [0.3, 0.4) is 0 Å². The maximum Gasteiger partial charge on any atom is 0.408 e. The number of hydrogen-bond acceptors (Lipinski definition) is 5. The summed E-state index contributed by atoms with van der Waals surface area (Å²) >= 11 is 0. The van der Waals surface area contributed by atoms with Crippen LogP contribution in [0.4, 0.5) is 4.79 Å². The van der Waals surface area contributed by atoms with Gasteiger partial charge in [-0.15, -0.1) is 0 Å². The first-order valence-corrected chi connectivity index (χ1v) is 13.0. The molecule has 0 aliphatic rings. The van der Waals surface area contributed by atoms with Gasteiger partial charge in [0.25, 0.3) is 0 Å². The van der Waals surface area contributed by atoms with Gasteiger partial charge in [0.1, 0.15) is 23.4 Å². The number of amides is 3. The minimum Gasteiger partial charge on any atom is -0.508 e. The first-order chi connectivity index (χ1) is 16.6. The van der Waals surface area contributed by atoms with Crippen molar-refractivity contribution in [3.05, 3.63) is 29.8 Å². The lowest BCUT2D eigenvalue weighted by Crippen LogP contribution is -2.60. The molecule has 0 heterocycles. The summed E-state index contributed by atoms with van der Waals surface area (Å²) in [5.41, 5.74) is -0.907. The van der Waals surface area contributed by atoms with Gasteiger partial charge in [-0.3, -0.25) is 9.59 Å². The standard InChI is InChI=1S/C28H47N3O5/c1-10-12-13-18-29-24(33)23(20-14-16-21(32)17-15-20)31(27(4,5)6)25(34)22(19(3)11-2)30-26(35)36-28(7,8)9/h14-17,19,22-23,32H,10-13,18H2,1-9H3,(H,29,33)(H,30,35). The Morgan fingerprint density at radius 2 is 1.58 bits per heavy atom. The molecule has 0 aliphatic heterocycles. The molecule has 1 aromatic rings. The van der Waals surface area contributed by atoms with Crippen LogP contribution in [0.5, 0.6) is 5.75 Å². The van der Waals surface area contributed by atoms with E-state index in [4.69, 9.17) is 4.74 Å². The molecule has 0 bridgehead atoms. The highest BCUT2D eigenvalue weighted by Gasteiger charge is 2.43. The van der Waals surface area contributed by atoms with E-state index in [0.717, 1.165) is 19.3 Å². The molecule has 0 aliphatic carbocycles. The molecule has 3 N–H and O–H groups in total. The average Bonchev–Trinajstić information content (AvgIpc) is 2.76. The van der Waals surface area contributed by atoms with Crippen molar-refractivity contribution < 1.29 is 24.2 Å². The number of hydrogen-bond donors (Lipinski definition) is 3. The first-order valence-electron chi connectivity index (χ1n) is 13.0. The highest BCUT2D eigenvalue weighted by molar-refractivity contribution is 5.92. The highest BCUT2D eigenvalue weighted by atomic mass is 16.6. The molecule has 0 radical (unpaired) electrons. The Hall–Kier alpha value is -2.77. The smallest absolute Gasteiger partial charge is 0.408 e. The molecule has 1 aromatic carbocycles. The van der Waals surface area contributed by atoms with E-state index < -0.39 is 29.3 Å². The Balaban J connectivity index is 3.49. The number of rotatable bonds is 11. The third-order valence-electron chi connectivity index (χ3n) is 5.91. The summed E-state index contributed by atoms with van der Waals surface area (Å²) in [5, 5.41) is 15.6. The van der Waals surface area contributed by atoms with Gasteiger partial charge in [-0.25, -0.2) is 4.79 Å². The number of carbonyl (C=O) groups is 3. The molecule has 0 spiro atoms. The normalized spacial score (nSPS) is 14.4. The summed E-state index contributed by atoms with van der Waals surface area (Å²) in [6, 6.07) is 4.46. The molecule has 0 saturated heterocycles. The quantitative estimate of drug-likeness (QED) is 0.353. The van der Waals surface area contributed by atoms with Crippen molar-refractivity contribution >= 4 is 17.9 Å². The minimum atomic E-state index is -0.952. The predicted octanol–water partition coefficient (Wildman–Crippen LogP) is 5.31. The van der Waals surface area contributed by atoms with E-state index in [1.54, 1.807) is 37.8 Å². The predicted molar refractivity (Wildman–Crippen MR) is 143 cm³/mol. The van der Waals surface area contributed by atoms with Crippen LogP contribution in [0, 0.1) is 5.92 Å². The molecular formula is C28H47N3O5. The Morgan fingerprint density at radius 3 is 2.06 bits per heavy atom. The first kappa shape index (κ1) is 31.3. The number of phenolic OH excluding ortho intramolecular Hbond substituents is 1. The van der Waals surface area contributed by atoms with Gasteiger partial charge in [0.05, 0.1) is 0 Å². The van der Waals surface area contributed by atoms with Crippen LogP contribution in [0.15, 0.2) is 24.3 Å². The summed E-state index contributed by atoms with van der Waals surface area (Å²) < 4.78 is 5.43. The highest BCUT2D eigenvalue weighted by Crippen LogP contribution is 2.32. The molecule has 3 atom stereocenters. The molecule has 8 heteroatoms. The largest absolute Gasteiger partial charge is 0.508 e. The third-order valence-corrected chi connectivity index (χ3v) is 5.91. The molecule has 36 heavy (non-hydrogen) atoms. The molecular weight excluding hydrogens is 458 g/mol. The van der Waals surface area contributed by atoms with Crippen LogP contribution in [0.25, 0.3) is 0 Å². The SMILES string of the molecule is CCCCCNC(=O)C(c1ccc(O)cc1)N(C(=O)C(NC(=O)OC(C)(C)C)C(C)CC)C(C)(C)C. The fourth-order valence-corrected chi connectivity index (χ4v) is 3.87. The summed E-state index contributed by atoms with van der Waals surface area (Å²) in [6.45, 7) is 17.3. The number of nitrogens with one attached hydrogen (secondary N) is 2. The minimum absolute atomic E-state index is 0.0681. The van der Waals surface area contributed by atoms with E-state index in [-0.39, 0.29) is 23.5 Å². The maximum atomic E-state index is 14.2. The second-order valence-corrected chi connectivity index (χ2v) is 11.4. The van der Waals surface area contributed by atoms with Gasteiger partial charge >= 0.3 is 6.09 Å². The van der Waals surface area contributed by atoms with Gasteiger partial charge in [-0.05, 0) is 71.6 Å². The van der Waals surface area contributed by atoms with Crippen LogP contribution < -0.4 is 10.6 Å². The fourth-order valence-electron chi connectivity index (χ4n) is 3.87. The van der Waals surface area contributed by atoms with Gasteiger partial charge < -0.3 is 25.4 Å². The molecule has 0 fully saturated rings. The fraction of sp³-hybridized carbons (Fsp3) is 0.679. The number of alkyl carbamates (subject to hydrolysis) is 1. The maximum absolute atomic E-state index is 14.2. The van der Waals surface area contributed by atoms with Gasteiger partial charge in [0, 0.05) is 12.1 Å². The number of carbonyl (C=O) groups excluding carboxylic acids is 3. The number of benzene rings is 1. The zero-order valence-corrected chi connectivity index (χ0v) is 23.6. The molecule has 1 rings (SSSR count). The lowest BCUT2D eigenvalue weighted by molar-refractivity contribution is -0.149. The summed E-state index contributed by atoms with van der Waals surface area (Å²) in [7, 11) is 0. The summed E-state index contributed by atoms with van der Waals surface area (Å²) in [5.74, 6) is -0.814. The Bertz CT molecular complexity index is 855. The van der Waals surface area contributed by atoms with Crippen LogP contribution in [0.2, 0.25) is 0 Å². The van der Waals surface area contributed by atoms with Crippen LogP contribution in [-0.2, 0) is 14.3 Å². The third kappa shape index (κ3) is 9.70. The van der Waals surface area contributed by atoms with Crippen molar-refractivity contribution in [3.8, 4) is 5.75 Å². The molecule has 0 aromatic heterocycles. The van der Waals surface area contributed by atoms with Crippen molar-refractivity contribution in [3.63, 3.8) is 0 Å². The second-order valence-electron chi connectivity index (χ2n) is 11.4. The van der Waals surface area contributed by atoms with Crippen LogP contribution in [0.1, 0.15) is 99.6 Å². The zero-order valence-electron chi connectivity index (χ0n) is 23.6. The topological polar surface area (TPSA) is 108 Å². The van der Waals surface area contributed by atoms with E-state index in [1.165, 1.54) is 12.1 Å². The number of ether oxygens (including phenoxy) is 1. The summed E-state index contributed by atoms with van der Waals surface area (Å²) in [4.78, 5) is 42.0. The Labute approximate surface area is 217 Å². The van der Waals surface area contributed by atoms with Crippen molar-refractivity contribution in [2.75, 3.05) is 6.54 Å². The van der Waals surface area contributed by atoms with Gasteiger partial charge in [0.2, 0.25) is 11.8 Å². The molecule has 3 unspecified atom stereocenters. The van der Waals surface area contributed by atoms with Crippen molar-refractivity contribution in [2.24, 2.45) is 5.92 Å². The molecule has 0 saturated carbocycles. The Kier molecular flexibility index (Phi) is 11.7. The van der Waals surface area contributed by atoms with E-state index in [1.807, 2.05) is 34.6 Å². The second kappa shape index (κ2) is 13.5. The molecule has 8 nitrogen and oxygen atoms in total. The Morgan fingerprint density at radius 1 is 1.00 bits per heavy atom. The van der Waals surface area contributed by atoms with Gasteiger partial charge in [0.15, 0.2) is 0 Å². The molecule has 3 amide bonds. The number of unbranched alkanes of at least 4 members (excludes halogenated alkanes) is 2. The van der Waals surface area contributed by atoms with Crippen LogP contribution >= 0.6 is 0 Å². The zero-order chi connectivity index (χ0) is 27.7. The number of nitrogens with zero attached hydrogens (tertiary/aromatic N) is 1. The van der Waals surface area contributed by atoms with Crippen molar-refractivity contribution in [1.29, 1.82) is 0 Å². The monoisotopic (exact) mass is 505 g/mol. The number of aromatic hydroxyl groups is 1.